The first kappa shape index (κ1) is 10.2. The molecule has 1 aromatic carbocycles. The van der Waals surface area contributed by atoms with Crippen LogP contribution in [0.3, 0.4) is 0 Å². The Labute approximate surface area is 100 Å². The standard InChI is InChI=1S/C15H14N2/c1-9-4-5-12-6-7-13-8-10(2)16-11(3)14(13)15(12)17-9/h4-8H,1-3H3. The number of aryl methyl sites for hydroxylation is 3. The fourth-order valence-corrected chi connectivity index (χ4v) is 2.38. The first-order valence-corrected chi connectivity index (χ1v) is 5.79. The molecule has 0 fully saturated rings. The van der Waals surface area contributed by atoms with Gasteiger partial charge in [-0.05, 0) is 38.3 Å². The van der Waals surface area contributed by atoms with Crippen molar-refractivity contribution in [1.29, 1.82) is 0 Å². The van der Waals surface area contributed by atoms with Gasteiger partial charge in [0.25, 0.3) is 0 Å². The average molecular weight is 222 g/mol. The van der Waals surface area contributed by atoms with Crippen molar-refractivity contribution >= 4 is 21.7 Å². The Morgan fingerprint density at radius 1 is 0.765 bits per heavy atom. The summed E-state index contributed by atoms with van der Waals surface area (Å²) >= 11 is 0. The number of hydrogen-bond donors (Lipinski definition) is 0. The van der Waals surface area contributed by atoms with Crippen molar-refractivity contribution in [2.24, 2.45) is 0 Å². The molecule has 0 bridgehead atoms. The lowest BCUT2D eigenvalue weighted by atomic mass is 10.0. The summed E-state index contributed by atoms with van der Waals surface area (Å²) in [5, 5.41) is 3.58. The smallest absolute Gasteiger partial charge is 0.0801 e. The predicted molar refractivity (Wildman–Crippen MR) is 71.3 cm³/mol. The summed E-state index contributed by atoms with van der Waals surface area (Å²) in [5.74, 6) is 0. The van der Waals surface area contributed by atoms with E-state index in [1.807, 2.05) is 19.9 Å². The normalized spacial score (nSPS) is 11.2. The molecule has 0 aliphatic heterocycles. The van der Waals surface area contributed by atoms with Gasteiger partial charge >= 0.3 is 0 Å². The zero-order chi connectivity index (χ0) is 12.0. The first-order valence-electron chi connectivity index (χ1n) is 5.79. The SMILES string of the molecule is Cc1cc2ccc3ccc(C)nc3c2c(C)n1. The van der Waals surface area contributed by atoms with Crippen molar-refractivity contribution in [3.05, 3.63) is 47.4 Å². The number of benzene rings is 1. The first-order chi connectivity index (χ1) is 8.15. The lowest BCUT2D eigenvalue weighted by Gasteiger charge is -2.07. The average Bonchev–Trinajstić information content (AvgIpc) is 2.27. The van der Waals surface area contributed by atoms with Crippen LogP contribution in [0.5, 0.6) is 0 Å². The zero-order valence-corrected chi connectivity index (χ0v) is 10.3. The Kier molecular flexibility index (Phi) is 2.11. The summed E-state index contributed by atoms with van der Waals surface area (Å²) in [7, 11) is 0. The van der Waals surface area contributed by atoms with Crippen LogP contribution < -0.4 is 0 Å². The van der Waals surface area contributed by atoms with Crippen molar-refractivity contribution in [1.82, 2.24) is 9.97 Å². The number of rotatable bonds is 0. The third-order valence-corrected chi connectivity index (χ3v) is 3.10. The van der Waals surface area contributed by atoms with E-state index in [0.29, 0.717) is 0 Å². The van der Waals surface area contributed by atoms with Crippen LogP contribution >= 0.6 is 0 Å². The Bertz CT molecular complexity index is 730. The second kappa shape index (κ2) is 3.52. The number of pyridine rings is 2. The molecule has 0 saturated carbocycles. The molecule has 84 valence electrons. The molecule has 0 aliphatic carbocycles. The largest absolute Gasteiger partial charge is 0.258 e. The number of nitrogens with zero attached hydrogens (tertiary/aromatic N) is 2. The molecule has 0 radical (unpaired) electrons. The van der Waals surface area contributed by atoms with Crippen molar-refractivity contribution in [2.75, 3.05) is 0 Å². The second-order valence-corrected chi connectivity index (χ2v) is 4.54. The topological polar surface area (TPSA) is 25.8 Å². The van der Waals surface area contributed by atoms with Crippen LogP contribution in [0.15, 0.2) is 30.3 Å². The molecule has 2 heterocycles. The fourth-order valence-electron chi connectivity index (χ4n) is 2.38. The molecular weight excluding hydrogens is 208 g/mol. The quantitative estimate of drug-likeness (QED) is 0.542. The van der Waals surface area contributed by atoms with Crippen molar-refractivity contribution < 1.29 is 0 Å². The molecule has 2 heteroatoms. The minimum Gasteiger partial charge on any atom is -0.258 e. The third-order valence-electron chi connectivity index (χ3n) is 3.10. The third kappa shape index (κ3) is 1.57. The molecule has 3 rings (SSSR count). The molecular formula is C15H14N2. The lowest BCUT2D eigenvalue weighted by Crippen LogP contribution is -1.92. The number of hydrogen-bond acceptors (Lipinski definition) is 2. The van der Waals surface area contributed by atoms with Gasteiger partial charge < -0.3 is 0 Å². The molecule has 0 aliphatic rings. The number of aromatic nitrogens is 2. The summed E-state index contributed by atoms with van der Waals surface area (Å²) in [6, 6.07) is 10.6. The van der Waals surface area contributed by atoms with Gasteiger partial charge in [0.1, 0.15) is 0 Å². The Balaban J connectivity index is 2.58. The molecule has 17 heavy (non-hydrogen) atoms. The zero-order valence-electron chi connectivity index (χ0n) is 10.3. The van der Waals surface area contributed by atoms with Crippen LogP contribution in [0.25, 0.3) is 21.7 Å². The highest BCUT2D eigenvalue weighted by atomic mass is 14.7. The molecule has 0 amide bonds. The number of fused-ring (bicyclic) bond motifs is 3. The Hall–Kier alpha value is -1.96. The molecule has 2 aromatic heterocycles. The summed E-state index contributed by atoms with van der Waals surface area (Å²) in [5.41, 5.74) is 4.23. The minimum absolute atomic E-state index is 1.05. The molecule has 0 atom stereocenters. The Morgan fingerprint density at radius 3 is 2.29 bits per heavy atom. The maximum atomic E-state index is 4.65. The highest BCUT2D eigenvalue weighted by molar-refractivity contribution is 6.06. The van der Waals surface area contributed by atoms with E-state index >= 15 is 0 Å². The highest BCUT2D eigenvalue weighted by Gasteiger charge is 2.06. The van der Waals surface area contributed by atoms with Crippen LogP contribution in [0.2, 0.25) is 0 Å². The molecule has 0 spiro atoms. The van der Waals surface area contributed by atoms with Gasteiger partial charge in [-0.25, -0.2) is 0 Å². The van der Waals surface area contributed by atoms with Gasteiger partial charge in [0.15, 0.2) is 0 Å². The predicted octanol–water partition coefficient (Wildman–Crippen LogP) is 3.71. The molecule has 3 aromatic rings. The van der Waals surface area contributed by atoms with E-state index in [-0.39, 0.29) is 0 Å². The molecule has 2 nitrogen and oxygen atoms in total. The minimum atomic E-state index is 1.05. The van der Waals surface area contributed by atoms with Gasteiger partial charge in [-0.3, -0.25) is 9.97 Å². The summed E-state index contributed by atoms with van der Waals surface area (Å²) in [6.45, 7) is 6.11. The van der Waals surface area contributed by atoms with Gasteiger partial charge in [0.2, 0.25) is 0 Å². The van der Waals surface area contributed by atoms with Crippen LogP contribution in [0.4, 0.5) is 0 Å². The van der Waals surface area contributed by atoms with Gasteiger partial charge in [-0.2, -0.15) is 0 Å². The van der Waals surface area contributed by atoms with Crippen molar-refractivity contribution in [2.45, 2.75) is 20.8 Å². The van der Waals surface area contributed by atoms with Crippen LogP contribution in [0.1, 0.15) is 17.1 Å². The van der Waals surface area contributed by atoms with Crippen LogP contribution in [-0.4, -0.2) is 9.97 Å². The van der Waals surface area contributed by atoms with Crippen LogP contribution in [-0.2, 0) is 0 Å². The van der Waals surface area contributed by atoms with E-state index in [4.69, 9.17) is 0 Å². The summed E-state index contributed by atoms with van der Waals surface area (Å²) < 4.78 is 0. The van der Waals surface area contributed by atoms with E-state index in [1.165, 1.54) is 16.2 Å². The summed E-state index contributed by atoms with van der Waals surface area (Å²) in [6.07, 6.45) is 0. The van der Waals surface area contributed by atoms with E-state index in [2.05, 4.69) is 41.2 Å². The van der Waals surface area contributed by atoms with Crippen molar-refractivity contribution in [3.8, 4) is 0 Å². The van der Waals surface area contributed by atoms with E-state index in [0.717, 1.165) is 22.6 Å². The van der Waals surface area contributed by atoms with E-state index in [1.54, 1.807) is 0 Å². The van der Waals surface area contributed by atoms with Crippen LogP contribution in [0, 0.1) is 20.8 Å². The monoisotopic (exact) mass is 222 g/mol. The molecule has 0 N–H and O–H groups in total. The van der Waals surface area contributed by atoms with Gasteiger partial charge in [-0.15, -0.1) is 0 Å². The maximum Gasteiger partial charge on any atom is 0.0801 e. The van der Waals surface area contributed by atoms with E-state index in [9.17, 15) is 0 Å². The molecule has 0 saturated heterocycles. The lowest BCUT2D eigenvalue weighted by molar-refractivity contribution is 1.15. The maximum absolute atomic E-state index is 4.65. The van der Waals surface area contributed by atoms with E-state index < -0.39 is 0 Å². The molecule has 0 unspecified atom stereocenters. The van der Waals surface area contributed by atoms with Gasteiger partial charge in [-0.1, -0.05) is 18.2 Å². The fraction of sp³-hybridized carbons (Fsp3) is 0.200. The van der Waals surface area contributed by atoms with Crippen molar-refractivity contribution in [3.63, 3.8) is 0 Å². The second-order valence-electron chi connectivity index (χ2n) is 4.54. The Morgan fingerprint density at radius 2 is 1.47 bits per heavy atom. The highest BCUT2D eigenvalue weighted by Crippen LogP contribution is 2.26. The summed E-state index contributed by atoms with van der Waals surface area (Å²) in [4.78, 5) is 9.20. The van der Waals surface area contributed by atoms with Gasteiger partial charge in [0.05, 0.1) is 5.52 Å². The van der Waals surface area contributed by atoms with Gasteiger partial charge in [0, 0.05) is 27.9 Å².